The first-order chi connectivity index (χ1) is 62.6. The Kier molecular flexibility index (Phi) is 50.6. The summed E-state index contributed by atoms with van der Waals surface area (Å²) >= 11 is 0. The van der Waals surface area contributed by atoms with Crippen molar-refractivity contribution in [3.05, 3.63) is 35.9 Å². The molecule has 131 heavy (non-hydrogen) atoms. The Morgan fingerprint density at radius 1 is 0.405 bits per heavy atom. The first kappa shape index (κ1) is 113. The van der Waals surface area contributed by atoms with Crippen molar-refractivity contribution in [3.63, 3.8) is 0 Å². The average molecular weight is 1880 g/mol. The molecule has 0 spiro atoms. The second-order valence-corrected chi connectivity index (χ2v) is 36.6. The number of carbonyl (C=O) groups is 6. The molecular weight excluding hydrogens is 1720 g/mol. The number of rotatable bonds is 59. The van der Waals surface area contributed by atoms with Gasteiger partial charge in [0.2, 0.25) is 29.5 Å². The van der Waals surface area contributed by atoms with Crippen LogP contribution >= 0.6 is 0 Å². The highest BCUT2D eigenvalue weighted by Crippen LogP contribution is 2.38. The fourth-order valence-electron chi connectivity index (χ4n) is 18.0. The fourth-order valence-corrected chi connectivity index (χ4v) is 18.0. The summed E-state index contributed by atoms with van der Waals surface area (Å²) in [6.07, 6.45) is -14.4. The van der Waals surface area contributed by atoms with E-state index in [1.807, 2.05) is 0 Å². The Hall–Kier alpha value is -5.00. The number of unbranched alkanes of at least 4 members (excludes halogenated alkanes) is 26. The summed E-state index contributed by atoms with van der Waals surface area (Å²) in [5, 5.41) is 140. The number of aliphatic hydroxyl groups excluding tert-OH is 10. The number of aliphatic hydroxyl groups is 10. The summed E-state index contributed by atoms with van der Waals surface area (Å²) in [5.74, 6) is -5.57. The molecule has 0 saturated carbocycles. The maximum Gasteiger partial charge on any atom is 0.335 e. The highest BCUT2D eigenvalue weighted by molar-refractivity contribution is 5.94. The van der Waals surface area contributed by atoms with Gasteiger partial charge in [-0.3, -0.25) is 24.0 Å². The molecule has 756 valence electrons. The number of benzene rings is 1. The van der Waals surface area contributed by atoms with Crippen molar-refractivity contribution in [1.29, 1.82) is 0 Å². The Bertz CT molecular complexity index is 3410. The van der Waals surface area contributed by atoms with Gasteiger partial charge in [-0.1, -0.05) is 211 Å². The SMILES string of the molecule is CCCCCCCCCCCCCCCCCCCCCCCCCCCCCC(O)CC(=O)N[C@H](Cc1ccccc1)C(=O)N[C@@H](C(=O)N[C@H](C)C(=O)N[C@@H](C)COC1O[C@@H](C)[C@H](OC)[C@@H](OC)[C@H]1O)[C@@H](C)OC1O[C@@H](C)[C@@H](O)[C@@H](O)[C@H]1O[C@@H]1O[C@@H](C)[C@H](O)[C@@H](O[C@@H]2O[C@@H](C)[C@@H](O[C@@H]3O[C@H](C(=O)O)[C@@H](O[C@@H]4O[C@@H](C)[C@@H](NC(C)=O)[C@@H](O)[C@@H]4OC)[C@H](O)[C@H]3O)[C@@H](O)[C@@H]2OC)[C@H]1O. The van der Waals surface area contributed by atoms with Crippen LogP contribution in [0.1, 0.15) is 261 Å². The Labute approximate surface area is 772 Å². The standard InChI is InChI=1S/C93H161N5O33/c1-15-16-17-18-19-20-21-22-23-24-25-26-27-28-29-30-31-32-33-34-35-36-37-38-39-40-44-47-61(100)49-63(101)97-62(48-60-45-42-41-43-46-60)85(112)98-65(86(113)95-52(3)84(111)94-51(2)50-120-88-74(110)78(117-12)76(116-11)58(9)125-88)54(5)122-93-82(69(105)66(102)55(6)124-93)130-90-73(109)77(67(103)56(7)123-90)128-92-81(119-14)72(108)75(57(8)126-92)127-89-71(107)70(106)79(83(131-89)87(114)115)129-91-80(118-13)68(104)64(53(4)121-91)96-59(10)99/h41-43,45-46,51-58,61-62,64-83,88-93,100,102-110H,15-40,44,47-50H2,1-14H3,(H,94,111)(H,95,113)(H,96,99)(H,97,101)(H,98,112)(H,114,115)/t51-,52+,53-,54+,55-,56-,57-,58-,61?,62+,64+,65+,66+,67-,68+,69+,70+,71+,72+,73+,74+,75+,76-,77+,78-,79-,80-,81-,82+,83-,88?,89+,90-,91-,92-,93?/m0/s1. The minimum atomic E-state index is -2.12. The molecule has 6 heterocycles. The van der Waals surface area contributed by atoms with Crippen molar-refractivity contribution in [2.75, 3.05) is 35.0 Å². The van der Waals surface area contributed by atoms with Gasteiger partial charge in [0.1, 0.15) is 122 Å². The van der Waals surface area contributed by atoms with Crippen molar-refractivity contribution >= 4 is 35.5 Å². The molecule has 5 amide bonds. The Morgan fingerprint density at radius 3 is 1.37 bits per heavy atom. The maximum atomic E-state index is 15.1. The van der Waals surface area contributed by atoms with E-state index in [2.05, 4.69) is 33.5 Å². The Balaban J connectivity index is 0.974. The van der Waals surface area contributed by atoms with E-state index in [9.17, 15) is 75.3 Å². The van der Waals surface area contributed by atoms with Crippen molar-refractivity contribution in [2.45, 2.75) is 482 Å². The Morgan fingerprint density at radius 2 is 0.847 bits per heavy atom. The molecule has 1 aromatic rings. The van der Waals surface area contributed by atoms with Gasteiger partial charge >= 0.3 is 5.97 Å². The van der Waals surface area contributed by atoms with E-state index in [0.29, 0.717) is 18.4 Å². The minimum Gasteiger partial charge on any atom is -0.479 e. The van der Waals surface area contributed by atoms with Crippen LogP contribution in [-0.2, 0) is 111 Å². The molecule has 38 heteroatoms. The predicted molar refractivity (Wildman–Crippen MR) is 474 cm³/mol. The van der Waals surface area contributed by atoms with Gasteiger partial charge < -0.3 is 159 Å². The van der Waals surface area contributed by atoms with Crippen LogP contribution in [0.2, 0.25) is 0 Å². The monoisotopic (exact) mass is 1880 g/mol. The van der Waals surface area contributed by atoms with E-state index in [4.69, 9.17) is 75.8 Å². The van der Waals surface area contributed by atoms with Gasteiger partial charge in [-0.25, -0.2) is 4.79 Å². The minimum absolute atomic E-state index is 0.121. The van der Waals surface area contributed by atoms with Gasteiger partial charge in [0.25, 0.3) is 0 Å². The van der Waals surface area contributed by atoms with Crippen LogP contribution in [0.25, 0.3) is 0 Å². The third-order valence-corrected chi connectivity index (χ3v) is 25.9. The molecule has 16 N–H and O–H groups in total. The van der Waals surface area contributed by atoms with Crippen molar-refractivity contribution in [2.24, 2.45) is 0 Å². The quantitative estimate of drug-likeness (QED) is 0.0406. The fraction of sp³-hybridized carbons (Fsp3) is 0.871. The summed E-state index contributed by atoms with van der Waals surface area (Å²) in [6, 6.07) is 2.29. The first-order valence-corrected chi connectivity index (χ1v) is 48.1. The molecule has 38 nitrogen and oxygen atoms in total. The molecule has 6 aliphatic heterocycles. The maximum absolute atomic E-state index is 15.1. The second-order valence-electron chi connectivity index (χ2n) is 36.6. The van der Waals surface area contributed by atoms with Crippen molar-refractivity contribution in [1.82, 2.24) is 26.6 Å². The van der Waals surface area contributed by atoms with Crippen molar-refractivity contribution in [3.8, 4) is 0 Å². The molecule has 0 radical (unpaired) electrons. The van der Waals surface area contributed by atoms with Crippen molar-refractivity contribution < 1.29 is 161 Å². The summed E-state index contributed by atoms with van der Waals surface area (Å²) in [5.41, 5.74) is 0.595. The highest BCUT2D eigenvalue weighted by Gasteiger charge is 2.58. The van der Waals surface area contributed by atoms with Gasteiger partial charge in [0.15, 0.2) is 43.8 Å². The molecule has 3 unspecified atom stereocenters. The molecule has 36 atom stereocenters. The van der Waals surface area contributed by atoms with Crippen LogP contribution in [0.15, 0.2) is 30.3 Å². The number of aliphatic carboxylic acids is 1. The topological polar surface area (TPSA) is 533 Å². The van der Waals surface area contributed by atoms with Gasteiger partial charge in [-0.2, -0.15) is 0 Å². The molecule has 6 saturated heterocycles. The van der Waals surface area contributed by atoms with E-state index in [-0.39, 0.29) is 19.4 Å². The number of hydrogen-bond donors (Lipinski definition) is 16. The van der Waals surface area contributed by atoms with Crippen LogP contribution in [0.4, 0.5) is 0 Å². The number of nitrogens with one attached hydrogen (secondary N) is 5. The van der Waals surface area contributed by atoms with Gasteiger partial charge in [-0.15, -0.1) is 0 Å². The molecule has 7 rings (SSSR count). The van der Waals surface area contributed by atoms with E-state index in [1.54, 1.807) is 44.2 Å². The molecule has 6 aliphatic rings. The first-order valence-electron chi connectivity index (χ1n) is 48.1. The van der Waals surface area contributed by atoms with Crippen LogP contribution in [0.5, 0.6) is 0 Å². The van der Waals surface area contributed by atoms with Gasteiger partial charge in [0, 0.05) is 47.8 Å². The molecule has 1 aromatic carbocycles. The van der Waals surface area contributed by atoms with E-state index in [0.717, 1.165) is 32.8 Å². The van der Waals surface area contributed by atoms with E-state index < -0.39 is 256 Å². The number of carbonyl (C=O) groups excluding carboxylic acids is 5. The lowest BCUT2D eigenvalue weighted by Gasteiger charge is -2.49. The number of amides is 5. The van der Waals surface area contributed by atoms with Crippen LogP contribution < -0.4 is 26.6 Å². The zero-order valence-electron chi connectivity index (χ0n) is 79.5. The lowest BCUT2D eigenvalue weighted by molar-refractivity contribution is -0.392. The largest absolute Gasteiger partial charge is 0.479 e. The zero-order valence-corrected chi connectivity index (χ0v) is 79.5. The zero-order chi connectivity index (χ0) is 96.1. The summed E-state index contributed by atoms with van der Waals surface area (Å²) in [7, 11) is 5.18. The van der Waals surface area contributed by atoms with Gasteiger partial charge in [0.05, 0.1) is 61.8 Å². The number of carboxylic acid groups (broad SMARTS) is 1. The van der Waals surface area contributed by atoms with Gasteiger partial charge in [-0.05, 0) is 67.4 Å². The lowest BCUT2D eigenvalue weighted by atomic mass is 9.95. The van der Waals surface area contributed by atoms with Crippen LogP contribution in [0, 0.1) is 0 Å². The molecular formula is C93H161N5O33. The number of carboxylic acids is 1. The van der Waals surface area contributed by atoms with Crippen LogP contribution in [-0.4, -0.2) is 347 Å². The number of hydrogen-bond acceptors (Lipinski definition) is 32. The molecule has 0 aromatic heterocycles. The molecule has 6 fully saturated rings. The number of ether oxygens (including phenoxy) is 16. The molecule has 0 bridgehead atoms. The third-order valence-electron chi connectivity index (χ3n) is 25.9. The summed E-state index contributed by atoms with van der Waals surface area (Å²) < 4.78 is 94.7. The summed E-state index contributed by atoms with van der Waals surface area (Å²) in [6.45, 7) is 14.9. The normalized spacial score (nSPS) is 34.3. The summed E-state index contributed by atoms with van der Waals surface area (Å²) in [4.78, 5) is 83.1. The highest BCUT2D eigenvalue weighted by atomic mass is 16.8. The molecule has 0 aliphatic carbocycles. The van der Waals surface area contributed by atoms with Crippen LogP contribution in [0.3, 0.4) is 0 Å². The number of methoxy groups -OCH3 is 4. The average Bonchev–Trinajstić information content (AvgIpc) is 0.768. The smallest absolute Gasteiger partial charge is 0.335 e. The van der Waals surface area contributed by atoms with E-state index >= 15 is 9.59 Å². The third kappa shape index (κ3) is 34.8. The van der Waals surface area contributed by atoms with E-state index in [1.165, 1.54) is 211 Å². The predicted octanol–water partition coefficient (Wildman–Crippen LogP) is 4.21. The second kappa shape index (κ2) is 58.7. The lowest BCUT2D eigenvalue weighted by Crippen LogP contribution is -2.68.